The Bertz CT molecular complexity index is 1150. The molecule has 4 rings (SSSR count). The Morgan fingerprint density at radius 1 is 1.26 bits per heavy atom. The summed E-state index contributed by atoms with van der Waals surface area (Å²) >= 11 is 1.39. The summed E-state index contributed by atoms with van der Waals surface area (Å²) in [6, 6.07) is 9.93. The highest BCUT2D eigenvalue weighted by atomic mass is 32.1. The van der Waals surface area contributed by atoms with E-state index < -0.39 is 17.7 Å². The molecular formula is C26H33N5O6S. The monoisotopic (exact) mass is 543 g/mol. The zero-order valence-corrected chi connectivity index (χ0v) is 22.1. The molecule has 0 unspecified atom stereocenters. The number of benzene rings is 1. The molecule has 1 aromatic heterocycles. The fraction of sp³-hybridized carbons (Fsp3) is 0.462. The van der Waals surface area contributed by atoms with Gasteiger partial charge in [-0.05, 0) is 31.5 Å². The summed E-state index contributed by atoms with van der Waals surface area (Å²) in [4.78, 5) is 40.9. The Kier molecular flexibility index (Phi) is 8.97. The number of para-hydroxylation sites is 1. The zero-order chi connectivity index (χ0) is 27.1. The maximum Gasteiger partial charge on any atom is 0.243 e. The first-order valence-electron chi connectivity index (χ1n) is 12.5. The van der Waals surface area contributed by atoms with Gasteiger partial charge in [-0.1, -0.05) is 18.2 Å². The van der Waals surface area contributed by atoms with Crippen LogP contribution >= 0.6 is 11.3 Å². The van der Waals surface area contributed by atoms with Crippen LogP contribution in [0.3, 0.4) is 0 Å². The molecule has 0 radical (unpaired) electrons. The molecule has 3 heterocycles. The fourth-order valence-corrected chi connectivity index (χ4v) is 5.36. The molecule has 204 valence electrons. The lowest BCUT2D eigenvalue weighted by molar-refractivity contribution is -0.152. The van der Waals surface area contributed by atoms with E-state index in [4.69, 9.17) is 25.4 Å². The van der Waals surface area contributed by atoms with E-state index in [9.17, 15) is 14.4 Å². The van der Waals surface area contributed by atoms with Gasteiger partial charge in [0.2, 0.25) is 17.7 Å². The summed E-state index contributed by atoms with van der Waals surface area (Å²) in [7, 11) is 0. The summed E-state index contributed by atoms with van der Waals surface area (Å²) in [5.74, 6) is -1.33. The Hall–Kier alpha value is -3.48. The van der Waals surface area contributed by atoms with E-state index in [-0.39, 0.29) is 49.6 Å². The van der Waals surface area contributed by atoms with Crippen LogP contribution < -0.4 is 21.1 Å². The second-order valence-corrected chi connectivity index (χ2v) is 10.2. The van der Waals surface area contributed by atoms with E-state index in [1.165, 1.54) is 16.2 Å². The molecule has 2 aliphatic heterocycles. The van der Waals surface area contributed by atoms with Crippen LogP contribution in [0.2, 0.25) is 0 Å². The summed E-state index contributed by atoms with van der Waals surface area (Å²) < 4.78 is 17.1. The molecule has 2 aliphatic rings. The van der Waals surface area contributed by atoms with E-state index >= 15 is 0 Å². The lowest BCUT2D eigenvalue weighted by Gasteiger charge is -2.25. The van der Waals surface area contributed by atoms with Gasteiger partial charge in [0.05, 0.1) is 39.0 Å². The molecular weight excluding hydrogens is 510 g/mol. The number of ether oxygens (including phenoxy) is 3. The minimum atomic E-state index is -1.02. The second-order valence-electron chi connectivity index (χ2n) is 9.27. The number of likely N-dealkylation sites (tertiary alicyclic amines) is 1. The van der Waals surface area contributed by atoms with E-state index in [0.29, 0.717) is 31.8 Å². The van der Waals surface area contributed by atoms with Crippen LogP contribution in [0.25, 0.3) is 0 Å². The summed E-state index contributed by atoms with van der Waals surface area (Å²) in [5.41, 5.74) is 6.14. The van der Waals surface area contributed by atoms with Crippen molar-refractivity contribution in [2.75, 3.05) is 32.9 Å². The molecule has 2 aromatic rings. The number of hydrogen-bond donors (Lipinski definition) is 4. The number of carbonyl (C=O) groups is 3. The fourth-order valence-electron chi connectivity index (χ4n) is 4.45. The van der Waals surface area contributed by atoms with Gasteiger partial charge in [0.25, 0.3) is 0 Å². The van der Waals surface area contributed by atoms with Crippen molar-refractivity contribution in [3.05, 3.63) is 52.2 Å². The third kappa shape index (κ3) is 6.88. The molecule has 2 saturated heterocycles. The van der Waals surface area contributed by atoms with Crippen LogP contribution in [-0.2, 0) is 23.9 Å². The molecule has 1 aromatic carbocycles. The Labute approximate surface area is 225 Å². The number of hydrogen-bond acceptors (Lipinski definition) is 8. The van der Waals surface area contributed by atoms with Crippen molar-refractivity contribution < 1.29 is 28.6 Å². The van der Waals surface area contributed by atoms with Crippen LogP contribution in [0.4, 0.5) is 0 Å². The molecule has 2 fully saturated rings. The molecule has 0 bridgehead atoms. The first kappa shape index (κ1) is 27.6. The smallest absolute Gasteiger partial charge is 0.243 e. The molecule has 0 saturated carbocycles. The summed E-state index contributed by atoms with van der Waals surface area (Å²) in [6.07, 6.45) is 0.909. The summed E-state index contributed by atoms with van der Waals surface area (Å²) in [6.45, 7) is 2.85. The van der Waals surface area contributed by atoms with E-state index in [1.54, 1.807) is 11.4 Å². The third-order valence-corrected chi connectivity index (χ3v) is 7.56. The maximum atomic E-state index is 13.3. The minimum absolute atomic E-state index is 0.0400. The lowest BCUT2D eigenvalue weighted by atomic mass is 10.1. The van der Waals surface area contributed by atoms with Crippen molar-refractivity contribution in [2.24, 2.45) is 5.73 Å². The zero-order valence-electron chi connectivity index (χ0n) is 21.2. The normalized spacial score (nSPS) is 18.8. The number of rotatable bonds is 11. The molecule has 2 atom stereocenters. The average Bonchev–Trinajstić information content (AvgIpc) is 3.66. The molecule has 11 nitrogen and oxygen atoms in total. The Morgan fingerprint density at radius 2 is 2.00 bits per heavy atom. The number of nitrogens with two attached hydrogens (primary N) is 1. The summed E-state index contributed by atoms with van der Waals surface area (Å²) in [5, 5.41) is 14.9. The van der Waals surface area contributed by atoms with Crippen molar-refractivity contribution >= 4 is 34.9 Å². The highest BCUT2D eigenvalue weighted by Gasteiger charge is 2.52. The van der Waals surface area contributed by atoms with Gasteiger partial charge in [-0.3, -0.25) is 19.8 Å². The Balaban J connectivity index is 1.30. The van der Waals surface area contributed by atoms with Crippen molar-refractivity contribution in [1.29, 1.82) is 5.41 Å². The van der Waals surface area contributed by atoms with Crippen LogP contribution in [-0.4, -0.2) is 73.2 Å². The number of carbonyl (C=O) groups excluding carboxylic acids is 3. The SMILES string of the molecule is C[C@@H](NC(=O)[C@@H]1CC2(CN1C(=O)CNC(=O)CCCOc1ccccc1)OCCO2)c1cc(C(=N)N)cs1. The molecule has 12 heteroatoms. The maximum absolute atomic E-state index is 13.3. The first-order valence-corrected chi connectivity index (χ1v) is 13.4. The van der Waals surface area contributed by atoms with Gasteiger partial charge in [0.15, 0.2) is 5.79 Å². The van der Waals surface area contributed by atoms with Crippen molar-refractivity contribution in [3.63, 3.8) is 0 Å². The number of nitrogens with zero attached hydrogens (tertiary/aromatic N) is 1. The van der Waals surface area contributed by atoms with E-state index in [2.05, 4.69) is 10.6 Å². The van der Waals surface area contributed by atoms with Crippen molar-refractivity contribution in [2.45, 2.75) is 44.1 Å². The van der Waals surface area contributed by atoms with Gasteiger partial charge >= 0.3 is 0 Å². The topological polar surface area (TPSA) is 156 Å². The minimum Gasteiger partial charge on any atom is -0.494 e. The van der Waals surface area contributed by atoms with Gasteiger partial charge in [-0.15, -0.1) is 11.3 Å². The van der Waals surface area contributed by atoms with Gasteiger partial charge in [0, 0.05) is 28.7 Å². The van der Waals surface area contributed by atoms with Gasteiger partial charge in [-0.25, -0.2) is 0 Å². The lowest BCUT2D eigenvalue weighted by Crippen LogP contribution is -2.49. The first-order chi connectivity index (χ1) is 18.3. The quantitative estimate of drug-likeness (QED) is 0.190. The Morgan fingerprint density at radius 3 is 2.68 bits per heavy atom. The van der Waals surface area contributed by atoms with Crippen LogP contribution in [0, 0.1) is 5.41 Å². The standard InChI is InChI=1S/C26H33N5O6S/c1-17(21-12-18(15-38-21)24(27)28)30-25(34)20-13-26(36-10-11-37-26)16-31(20)23(33)14-29-22(32)8-5-9-35-19-6-3-2-4-7-19/h2-4,6-7,12,15,17,20H,5,8-11,13-14,16H2,1H3,(H3,27,28)(H,29,32)(H,30,34)/t17-,20+/m1/s1. The molecule has 38 heavy (non-hydrogen) atoms. The third-order valence-electron chi connectivity index (χ3n) is 6.44. The highest BCUT2D eigenvalue weighted by molar-refractivity contribution is 7.10. The molecule has 5 N–H and O–H groups in total. The van der Waals surface area contributed by atoms with E-state index in [1.807, 2.05) is 37.3 Å². The number of nitrogens with one attached hydrogen (secondary N) is 3. The van der Waals surface area contributed by atoms with Crippen LogP contribution in [0.1, 0.15) is 42.7 Å². The van der Waals surface area contributed by atoms with Crippen LogP contribution in [0.15, 0.2) is 41.8 Å². The number of amides is 3. The molecule has 1 spiro atoms. The highest BCUT2D eigenvalue weighted by Crippen LogP contribution is 2.35. The number of nitrogen functional groups attached to an aromatic ring is 1. The number of amidine groups is 1. The van der Waals surface area contributed by atoms with Gasteiger partial charge < -0.3 is 35.5 Å². The molecule has 3 amide bonds. The number of thiophene rings is 1. The van der Waals surface area contributed by atoms with Gasteiger partial charge in [-0.2, -0.15) is 0 Å². The van der Waals surface area contributed by atoms with Gasteiger partial charge in [0.1, 0.15) is 17.6 Å². The van der Waals surface area contributed by atoms with E-state index in [0.717, 1.165) is 10.6 Å². The average molecular weight is 544 g/mol. The van der Waals surface area contributed by atoms with Crippen LogP contribution in [0.5, 0.6) is 5.75 Å². The predicted octanol–water partition coefficient (Wildman–Crippen LogP) is 1.53. The largest absolute Gasteiger partial charge is 0.494 e. The molecule has 0 aliphatic carbocycles. The van der Waals surface area contributed by atoms with Crippen molar-refractivity contribution in [1.82, 2.24) is 15.5 Å². The van der Waals surface area contributed by atoms with Crippen molar-refractivity contribution in [3.8, 4) is 5.75 Å². The second kappa shape index (κ2) is 12.4. The predicted molar refractivity (Wildman–Crippen MR) is 141 cm³/mol.